The van der Waals surface area contributed by atoms with Crippen molar-refractivity contribution in [3.63, 3.8) is 0 Å². The van der Waals surface area contributed by atoms with Crippen LogP contribution in [-0.2, 0) is 6.54 Å². The average molecular weight is 363 g/mol. The van der Waals surface area contributed by atoms with Crippen LogP contribution < -0.4 is 5.32 Å². The van der Waals surface area contributed by atoms with Crippen LogP contribution in [0.3, 0.4) is 0 Å². The van der Waals surface area contributed by atoms with Crippen molar-refractivity contribution in [2.45, 2.75) is 59.5 Å². The van der Waals surface area contributed by atoms with E-state index in [0.717, 1.165) is 52.1 Å². The number of aromatic nitrogens is 3. The Morgan fingerprint density at radius 2 is 1.73 bits per heavy atom. The van der Waals surface area contributed by atoms with Crippen LogP contribution in [0.15, 0.2) is 12.7 Å². The molecule has 0 spiro atoms. The Bertz CT molecular complexity index is 573. The van der Waals surface area contributed by atoms with Crippen LogP contribution in [0.4, 0.5) is 4.79 Å². The first-order valence-electron chi connectivity index (χ1n) is 9.83. The first-order valence-corrected chi connectivity index (χ1v) is 9.83. The van der Waals surface area contributed by atoms with Gasteiger partial charge in [-0.2, -0.15) is 5.10 Å². The second kappa shape index (κ2) is 7.55. The zero-order valence-electron chi connectivity index (χ0n) is 16.7. The molecular weight excluding hydrogens is 328 g/mol. The third-order valence-electron chi connectivity index (χ3n) is 5.65. The molecule has 7 nitrogen and oxygen atoms in total. The van der Waals surface area contributed by atoms with Crippen LogP contribution in [0.2, 0.25) is 0 Å². The van der Waals surface area contributed by atoms with Crippen LogP contribution in [0, 0.1) is 10.8 Å². The maximum atomic E-state index is 12.7. The third-order valence-corrected chi connectivity index (χ3v) is 5.65. The number of urea groups is 1. The molecule has 26 heavy (non-hydrogen) atoms. The fraction of sp³-hybridized carbons (Fsp3) is 0.842. The first-order chi connectivity index (χ1) is 12.2. The van der Waals surface area contributed by atoms with Crippen LogP contribution in [0.1, 0.15) is 47.0 Å². The van der Waals surface area contributed by atoms with Crippen molar-refractivity contribution in [3.05, 3.63) is 12.7 Å². The predicted molar refractivity (Wildman–Crippen MR) is 102 cm³/mol. The number of nitrogens with zero attached hydrogens (tertiary/aromatic N) is 5. The smallest absolute Gasteiger partial charge is 0.317 e. The van der Waals surface area contributed by atoms with E-state index in [0.29, 0.717) is 10.8 Å². The number of piperazine rings is 1. The molecular formula is C19H34N6O. The largest absolute Gasteiger partial charge is 0.335 e. The Morgan fingerprint density at radius 3 is 2.31 bits per heavy atom. The van der Waals surface area contributed by atoms with Crippen LogP contribution >= 0.6 is 0 Å². The molecule has 0 aromatic carbocycles. The number of hydrogen-bond acceptors (Lipinski definition) is 4. The predicted octanol–water partition coefficient (Wildman–Crippen LogP) is 2.21. The van der Waals surface area contributed by atoms with E-state index in [2.05, 4.69) is 48.0 Å². The van der Waals surface area contributed by atoms with Crippen molar-refractivity contribution in [3.8, 4) is 0 Å². The molecule has 1 saturated heterocycles. The highest BCUT2D eigenvalue weighted by molar-refractivity contribution is 5.74. The van der Waals surface area contributed by atoms with Crippen LogP contribution in [0.25, 0.3) is 0 Å². The summed E-state index contributed by atoms with van der Waals surface area (Å²) >= 11 is 0. The Labute approximate surface area is 157 Å². The summed E-state index contributed by atoms with van der Waals surface area (Å²) in [6.45, 7) is 14.5. The first kappa shape index (κ1) is 19.1. The Hall–Kier alpha value is -1.63. The van der Waals surface area contributed by atoms with E-state index in [1.807, 2.05) is 9.58 Å². The molecule has 7 heteroatoms. The van der Waals surface area contributed by atoms with Crippen LogP contribution in [0.5, 0.6) is 0 Å². The zero-order valence-corrected chi connectivity index (χ0v) is 16.7. The lowest BCUT2D eigenvalue weighted by Crippen LogP contribution is -2.55. The summed E-state index contributed by atoms with van der Waals surface area (Å²) in [5, 5.41) is 7.45. The standard InChI is InChI=1S/C19H34N6O/c1-18(2)11-16(12-19(3,4)13-18)22-17(26)24-8-5-23(6-9-24)7-10-25-15-20-14-21-25/h14-16H,5-13H2,1-4H3,(H,22,26). The van der Waals surface area contributed by atoms with Crippen molar-refractivity contribution >= 4 is 6.03 Å². The SMILES string of the molecule is CC1(C)CC(NC(=O)N2CCN(CCn3cncn3)CC2)CC(C)(C)C1. The second-order valence-corrected chi connectivity index (χ2v) is 9.55. The molecule has 3 rings (SSSR count). The van der Waals surface area contributed by atoms with Crippen LogP contribution in [-0.4, -0.2) is 69.4 Å². The molecule has 1 aliphatic heterocycles. The molecule has 0 atom stereocenters. The van der Waals surface area contributed by atoms with Gasteiger partial charge < -0.3 is 10.2 Å². The lowest BCUT2D eigenvalue weighted by molar-refractivity contribution is 0.0811. The van der Waals surface area contributed by atoms with Gasteiger partial charge >= 0.3 is 6.03 Å². The summed E-state index contributed by atoms with van der Waals surface area (Å²) < 4.78 is 1.85. The molecule has 2 aliphatic rings. The number of carbonyl (C=O) groups is 1. The van der Waals surface area contributed by atoms with Crippen molar-refractivity contribution in [2.75, 3.05) is 32.7 Å². The van der Waals surface area contributed by atoms with E-state index in [4.69, 9.17) is 0 Å². The average Bonchev–Trinajstić information content (AvgIpc) is 3.03. The molecule has 2 heterocycles. The number of carbonyl (C=O) groups excluding carboxylic acids is 1. The molecule has 2 amide bonds. The fourth-order valence-corrected chi connectivity index (χ4v) is 4.98. The van der Waals surface area contributed by atoms with E-state index >= 15 is 0 Å². The monoisotopic (exact) mass is 362 g/mol. The third kappa shape index (κ3) is 5.19. The number of hydrogen-bond donors (Lipinski definition) is 1. The molecule has 0 radical (unpaired) electrons. The summed E-state index contributed by atoms with van der Waals surface area (Å²) in [5.41, 5.74) is 0.583. The van der Waals surface area contributed by atoms with Gasteiger partial charge in [-0.1, -0.05) is 27.7 Å². The lowest BCUT2D eigenvalue weighted by Gasteiger charge is -2.45. The zero-order chi connectivity index (χ0) is 18.8. The van der Waals surface area contributed by atoms with Gasteiger partial charge in [0.05, 0.1) is 6.54 Å². The van der Waals surface area contributed by atoms with Crippen molar-refractivity contribution in [2.24, 2.45) is 10.8 Å². The van der Waals surface area contributed by atoms with Gasteiger partial charge in [0, 0.05) is 38.8 Å². The highest BCUT2D eigenvalue weighted by atomic mass is 16.2. The molecule has 1 aliphatic carbocycles. The summed E-state index contributed by atoms with van der Waals surface area (Å²) in [4.78, 5) is 21.0. The maximum Gasteiger partial charge on any atom is 0.317 e. The van der Waals surface area contributed by atoms with Gasteiger partial charge in [-0.3, -0.25) is 9.58 Å². The van der Waals surface area contributed by atoms with Gasteiger partial charge in [0.15, 0.2) is 0 Å². The van der Waals surface area contributed by atoms with Crippen molar-refractivity contribution in [1.29, 1.82) is 0 Å². The van der Waals surface area contributed by atoms with Gasteiger partial charge in [-0.25, -0.2) is 9.78 Å². The minimum atomic E-state index is 0.111. The molecule has 2 fully saturated rings. The van der Waals surface area contributed by atoms with Gasteiger partial charge in [-0.15, -0.1) is 0 Å². The molecule has 1 aromatic heterocycles. The Balaban J connectivity index is 1.43. The van der Waals surface area contributed by atoms with Gasteiger partial charge in [-0.05, 0) is 30.1 Å². The van der Waals surface area contributed by atoms with E-state index in [1.165, 1.54) is 6.42 Å². The molecule has 1 saturated carbocycles. The number of amides is 2. The highest BCUT2D eigenvalue weighted by Gasteiger charge is 2.39. The van der Waals surface area contributed by atoms with Crippen molar-refractivity contribution in [1.82, 2.24) is 29.9 Å². The molecule has 146 valence electrons. The van der Waals surface area contributed by atoms with Gasteiger partial charge in [0.25, 0.3) is 0 Å². The second-order valence-electron chi connectivity index (χ2n) is 9.55. The van der Waals surface area contributed by atoms with E-state index < -0.39 is 0 Å². The highest BCUT2D eigenvalue weighted by Crippen LogP contribution is 2.45. The van der Waals surface area contributed by atoms with Crippen molar-refractivity contribution < 1.29 is 4.79 Å². The summed E-state index contributed by atoms with van der Waals surface area (Å²) in [6.07, 6.45) is 6.67. The summed E-state index contributed by atoms with van der Waals surface area (Å²) in [7, 11) is 0. The lowest BCUT2D eigenvalue weighted by atomic mass is 9.63. The number of rotatable bonds is 4. The maximum absolute atomic E-state index is 12.7. The van der Waals surface area contributed by atoms with Gasteiger partial charge in [0.2, 0.25) is 0 Å². The van der Waals surface area contributed by atoms with E-state index in [-0.39, 0.29) is 12.1 Å². The molecule has 1 aromatic rings. The van der Waals surface area contributed by atoms with E-state index in [9.17, 15) is 4.79 Å². The quantitative estimate of drug-likeness (QED) is 0.892. The Kier molecular flexibility index (Phi) is 5.55. The van der Waals surface area contributed by atoms with Gasteiger partial charge in [0.1, 0.15) is 12.7 Å². The minimum Gasteiger partial charge on any atom is -0.335 e. The topological polar surface area (TPSA) is 66.3 Å². The fourth-order valence-electron chi connectivity index (χ4n) is 4.98. The minimum absolute atomic E-state index is 0.111. The number of nitrogens with one attached hydrogen (secondary N) is 1. The van der Waals surface area contributed by atoms with E-state index in [1.54, 1.807) is 12.7 Å². The molecule has 1 N–H and O–H groups in total. The molecule has 0 unspecified atom stereocenters. The normalized spacial score (nSPS) is 23.8. The summed E-state index contributed by atoms with van der Waals surface area (Å²) in [5.74, 6) is 0. The summed E-state index contributed by atoms with van der Waals surface area (Å²) in [6, 6.07) is 0.394. The Morgan fingerprint density at radius 1 is 1.08 bits per heavy atom. The molecule has 0 bridgehead atoms.